The van der Waals surface area contributed by atoms with Crippen molar-refractivity contribution in [1.82, 2.24) is 10.2 Å². The number of thioether (sulfide) groups is 1. The summed E-state index contributed by atoms with van der Waals surface area (Å²) >= 11 is 4.01. The molecule has 134 valence electrons. The first-order chi connectivity index (χ1) is 12.7. The van der Waals surface area contributed by atoms with E-state index in [1.165, 1.54) is 34.4 Å². The summed E-state index contributed by atoms with van der Waals surface area (Å²) in [4.78, 5) is 24.7. The number of aromatic nitrogens is 2. The van der Waals surface area contributed by atoms with E-state index in [1.54, 1.807) is 0 Å². The molecule has 0 fully saturated rings. The van der Waals surface area contributed by atoms with Crippen LogP contribution in [0.4, 0.5) is 5.13 Å². The van der Waals surface area contributed by atoms with E-state index in [0.29, 0.717) is 15.9 Å². The lowest BCUT2D eigenvalue weighted by atomic mass is 10.2. The van der Waals surface area contributed by atoms with Crippen LogP contribution in [0.5, 0.6) is 0 Å². The summed E-state index contributed by atoms with van der Waals surface area (Å²) in [5.41, 5.74) is 0.942. The molecule has 26 heavy (non-hydrogen) atoms. The van der Waals surface area contributed by atoms with Gasteiger partial charge in [-0.05, 0) is 17.0 Å². The van der Waals surface area contributed by atoms with Gasteiger partial charge in [-0.2, -0.15) is 0 Å². The number of anilines is 1. The molecule has 0 aliphatic carbocycles. The maximum absolute atomic E-state index is 11.9. The summed E-state index contributed by atoms with van der Waals surface area (Å²) in [6, 6.07) is 13.3. The Kier molecular flexibility index (Phi) is 6.75. The lowest BCUT2D eigenvalue weighted by molar-refractivity contribution is -0.141. The fraction of sp³-hybridized carbons (Fsp3) is 0.176. The molecule has 0 aliphatic rings. The van der Waals surface area contributed by atoms with Crippen molar-refractivity contribution in [1.29, 1.82) is 0 Å². The van der Waals surface area contributed by atoms with Gasteiger partial charge in [0.05, 0.1) is 12.2 Å². The molecule has 2 aromatic heterocycles. The predicted octanol–water partition coefficient (Wildman–Crippen LogP) is 3.62. The Morgan fingerprint density at radius 2 is 1.96 bits per heavy atom. The summed E-state index contributed by atoms with van der Waals surface area (Å²) in [6.45, 7) is 0.250. The lowest BCUT2D eigenvalue weighted by Crippen LogP contribution is -2.13. The predicted molar refractivity (Wildman–Crippen MR) is 104 cm³/mol. The summed E-state index contributed by atoms with van der Waals surface area (Å²) in [5.74, 6) is -0.315. The molecular formula is C17H15N3O3S3. The Morgan fingerprint density at radius 1 is 1.12 bits per heavy atom. The number of rotatable bonds is 8. The average Bonchev–Trinajstić information content (AvgIpc) is 3.31. The molecule has 1 aromatic carbocycles. The Bertz CT molecular complexity index is 851. The monoisotopic (exact) mass is 405 g/mol. The van der Waals surface area contributed by atoms with Crippen molar-refractivity contribution in [2.45, 2.75) is 17.4 Å². The number of carbonyl (C=O) groups is 2. The fourth-order valence-electron chi connectivity index (χ4n) is 1.95. The molecule has 1 amide bonds. The molecule has 2 heterocycles. The molecule has 0 bridgehead atoms. The van der Waals surface area contributed by atoms with Crippen molar-refractivity contribution in [3.05, 3.63) is 58.3 Å². The number of ether oxygens (including phenoxy) is 1. The van der Waals surface area contributed by atoms with Crippen LogP contribution in [0.1, 0.15) is 10.4 Å². The normalized spacial score (nSPS) is 10.5. The van der Waals surface area contributed by atoms with E-state index in [4.69, 9.17) is 4.74 Å². The number of thiophene rings is 1. The number of nitrogens with one attached hydrogen (secondary N) is 1. The van der Waals surface area contributed by atoms with Crippen LogP contribution < -0.4 is 5.32 Å². The van der Waals surface area contributed by atoms with Gasteiger partial charge < -0.3 is 10.1 Å². The zero-order valence-corrected chi connectivity index (χ0v) is 16.0. The van der Waals surface area contributed by atoms with Crippen molar-refractivity contribution in [3.8, 4) is 0 Å². The second kappa shape index (κ2) is 9.46. The summed E-state index contributed by atoms with van der Waals surface area (Å²) in [7, 11) is 0. The third kappa shape index (κ3) is 5.94. The van der Waals surface area contributed by atoms with Crippen molar-refractivity contribution in [2.24, 2.45) is 0 Å². The van der Waals surface area contributed by atoms with Crippen LogP contribution in [0.3, 0.4) is 0 Å². The summed E-state index contributed by atoms with van der Waals surface area (Å²) in [6.07, 6.45) is 0.311. The van der Waals surface area contributed by atoms with Gasteiger partial charge in [0.15, 0.2) is 4.34 Å². The standard InChI is InChI=1S/C17H15N3O3S3/c21-14(9-13-7-4-8-24-13)18-16-19-20-17(26-16)25-11-15(22)23-10-12-5-2-1-3-6-12/h1-8H,9-11H2,(H,18,19,21). The second-order valence-electron chi connectivity index (χ2n) is 5.11. The van der Waals surface area contributed by atoms with E-state index in [-0.39, 0.29) is 24.2 Å². The highest BCUT2D eigenvalue weighted by molar-refractivity contribution is 8.01. The lowest BCUT2D eigenvalue weighted by Gasteiger charge is -2.03. The van der Waals surface area contributed by atoms with E-state index >= 15 is 0 Å². The zero-order chi connectivity index (χ0) is 18.2. The SMILES string of the molecule is O=C(Cc1cccs1)Nc1nnc(SCC(=O)OCc2ccccc2)s1. The highest BCUT2D eigenvalue weighted by Gasteiger charge is 2.12. The van der Waals surface area contributed by atoms with Crippen molar-refractivity contribution >= 4 is 51.4 Å². The highest BCUT2D eigenvalue weighted by Crippen LogP contribution is 2.25. The van der Waals surface area contributed by atoms with Gasteiger partial charge >= 0.3 is 5.97 Å². The molecule has 0 aliphatic heterocycles. The van der Waals surface area contributed by atoms with Crippen molar-refractivity contribution in [2.75, 3.05) is 11.1 Å². The molecule has 1 N–H and O–H groups in total. The molecule has 0 saturated carbocycles. The van der Waals surface area contributed by atoms with E-state index in [9.17, 15) is 9.59 Å². The minimum atomic E-state index is -0.322. The van der Waals surface area contributed by atoms with Gasteiger partial charge in [-0.15, -0.1) is 21.5 Å². The summed E-state index contributed by atoms with van der Waals surface area (Å²) in [5, 5.41) is 13.0. The van der Waals surface area contributed by atoms with Crippen LogP contribution in [-0.4, -0.2) is 27.8 Å². The van der Waals surface area contributed by atoms with E-state index < -0.39 is 0 Å². The van der Waals surface area contributed by atoms with Gasteiger partial charge in [-0.1, -0.05) is 59.5 Å². The number of hydrogen-bond donors (Lipinski definition) is 1. The van der Waals surface area contributed by atoms with Crippen molar-refractivity contribution < 1.29 is 14.3 Å². The highest BCUT2D eigenvalue weighted by atomic mass is 32.2. The van der Waals surface area contributed by atoms with Gasteiger partial charge in [0.2, 0.25) is 11.0 Å². The van der Waals surface area contributed by atoms with Crippen LogP contribution in [0, 0.1) is 0 Å². The topological polar surface area (TPSA) is 81.2 Å². The van der Waals surface area contributed by atoms with Gasteiger partial charge in [0.1, 0.15) is 6.61 Å². The zero-order valence-electron chi connectivity index (χ0n) is 13.6. The van der Waals surface area contributed by atoms with Gasteiger partial charge in [-0.25, -0.2) is 0 Å². The Balaban J connectivity index is 1.40. The van der Waals surface area contributed by atoms with Crippen LogP contribution in [-0.2, 0) is 27.4 Å². The minimum absolute atomic E-state index is 0.137. The third-order valence-corrected chi connectivity index (χ3v) is 5.95. The average molecular weight is 406 g/mol. The van der Waals surface area contributed by atoms with Crippen LogP contribution >= 0.6 is 34.4 Å². The van der Waals surface area contributed by atoms with Crippen LogP contribution in [0.25, 0.3) is 0 Å². The smallest absolute Gasteiger partial charge is 0.316 e. The molecule has 6 nitrogen and oxygen atoms in total. The number of hydrogen-bond acceptors (Lipinski definition) is 8. The first-order valence-electron chi connectivity index (χ1n) is 7.67. The van der Waals surface area contributed by atoms with Gasteiger partial charge in [0, 0.05) is 4.88 Å². The maximum atomic E-state index is 11.9. The van der Waals surface area contributed by atoms with Gasteiger partial charge in [0.25, 0.3) is 0 Å². The summed E-state index contributed by atoms with van der Waals surface area (Å²) < 4.78 is 5.81. The molecule has 0 spiro atoms. The largest absolute Gasteiger partial charge is 0.460 e. The van der Waals surface area contributed by atoms with E-state index in [2.05, 4.69) is 15.5 Å². The maximum Gasteiger partial charge on any atom is 0.316 e. The Labute approximate surface area is 162 Å². The molecule has 0 radical (unpaired) electrons. The number of benzene rings is 1. The minimum Gasteiger partial charge on any atom is -0.460 e. The fourth-order valence-corrected chi connectivity index (χ4v) is 4.22. The number of carbonyl (C=O) groups excluding carboxylic acids is 2. The molecule has 0 unspecified atom stereocenters. The molecule has 0 atom stereocenters. The van der Waals surface area contributed by atoms with Crippen molar-refractivity contribution in [3.63, 3.8) is 0 Å². The first-order valence-corrected chi connectivity index (χ1v) is 10.4. The van der Waals surface area contributed by atoms with Crippen LogP contribution in [0.15, 0.2) is 52.2 Å². The number of esters is 1. The molecule has 9 heteroatoms. The van der Waals surface area contributed by atoms with Crippen LogP contribution in [0.2, 0.25) is 0 Å². The third-order valence-electron chi connectivity index (χ3n) is 3.12. The molecule has 0 saturated heterocycles. The first kappa shape index (κ1) is 18.6. The van der Waals surface area contributed by atoms with E-state index in [0.717, 1.165) is 10.4 Å². The Morgan fingerprint density at radius 3 is 2.73 bits per heavy atom. The second-order valence-corrected chi connectivity index (χ2v) is 8.34. The number of nitrogens with zero attached hydrogens (tertiary/aromatic N) is 2. The molecule has 3 rings (SSSR count). The van der Waals surface area contributed by atoms with Gasteiger partial charge in [-0.3, -0.25) is 9.59 Å². The van der Waals surface area contributed by atoms with E-state index in [1.807, 2.05) is 47.8 Å². The Hall–Kier alpha value is -2.23. The number of amides is 1. The molecule has 3 aromatic rings. The molecular weight excluding hydrogens is 390 g/mol. The quantitative estimate of drug-likeness (QED) is 0.350.